The van der Waals surface area contributed by atoms with Crippen LogP contribution in [0, 0.1) is 0 Å². The lowest BCUT2D eigenvalue weighted by Gasteiger charge is -2.11. The van der Waals surface area contributed by atoms with Crippen molar-refractivity contribution in [1.29, 1.82) is 0 Å². The number of hydrogen-bond donors (Lipinski definition) is 2. The molecule has 0 saturated carbocycles. The van der Waals surface area contributed by atoms with E-state index in [0.717, 1.165) is 0 Å². The molecule has 19 heavy (non-hydrogen) atoms. The van der Waals surface area contributed by atoms with Crippen LogP contribution in [-0.4, -0.2) is 8.42 Å². The highest BCUT2D eigenvalue weighted by Crippen LogP contribution is 2.28. The number of hydrogen-bond acceptors (Lipinski definition) is 3. The molecule has 7 heteroatoms. The van der Waals surface area contributed by atoms with Gasteiger partial charge >= 0.3 is 0 Å². The highest BCUT2D eigenvalue weighted by atomic mass is 79.9. The molecule has 3 N–H and O–H groups in total. The predicted octanol–water partition coefficient (Wildman–Crippen LogP) is 3.49. The lowest BCUT2D eigenvalue weighted by molar-refractivity contribution is 0.601. The summed E-state index contributed by atoms with van der Waals surface area (Å²) in [5, 5.41) is 0.168. The van der Waals surface area contributed by atoms with E-state index in [0.29, 0.717) is 15.8 Å². The first-order valence-electron chi connectivity index (χ1n) is 5.22. The number of benzene rings is 2. The zero-order valence-electron chi connectivity index (χ0n) is 9.60. The molecule has 0 atom stereocenters. The minimum Gasteiger partial charge on any atom is -0.399 e. The fraction of sp³-hybridized carbons (Fsp3) is 0. The van der Waals surface area contributed by atoms with Crippen LogP contribution in [0.15, 0.2) is 51.8 Å². The Bertz CT molecular complexity index is 719. The topological polar surface area (TPSA) is 72.2 Å². The zero-order valence-corrected chi connectivity index (χ0v) is 12.8. The summed E-state index contributed by atoms with van der Waals surface area (Å²) < 4.78 is 27.4. The molecule has 4 nitrogen and oxygen atoms in total. The Balaban J connectivity index is 2.40. The van der Waals surface area contributed by atoms with Crippen molar-refractivity contribution in [2.45, 2.75) is 4.90 Å². The Morgan fingerprint density at radius 1 is 1.16 bits per heavy atom. The summed E-state index contributed by atoms with van der Waals surface area (Å²) in [6, 6.07) is 11.0. The molecule has 0 bridgehead atoms. The van der Waals surface area contributed by atoms with E-state index in [1.165, 1.54) is 12.1 Å². The van der Waals surface area contributed by atoms with Gasteiger partial charge in [-0.1, -0.05) is 23.7 Å². The van der Waals surface area contributed by atoms with Gasteiger partial charge in [0.1, 0.15) is 4.90 Å². The molecule has 2 rings (SSSR count). The van der Waals surface area contributed by atoms with Gasteiger partial charge in [-0.05, 0) is 46.3 Å². The third kappa shape index (κ3) is 3.20. The highest BCUT2D eigenvalue weighted by molar-refractivity contribution is 9.10. The molecule has 0 heterocycles. The summed E-state index contributed by atoms with van der Waals surface area (Å²) >= 11 is 9.14. The Morgan fingerprint density at radius 2 is 1.84 bits per heavy atom. The second kappa shape index (κ2) is 5.40. The van der Waals surface area contributed by atoms with E-state index in [2.05, 4.69) is 20.7 Å². The van der Waals surface area contributed by atoms with Crippen molar-refractivity contribution in [3.63, 3.8) is 0 Å². The van der Waals surface area contributed by atoms with Crippen molar-refractivity contribution in [3.05, 3.63) is 52.0 Å². The highest BCUT2D eigenvalue weighted by Gasteiger charge is 2.18. The fourth-order valence-electron chi connectivity index (χ4n) is 1.48. The van der Waals surface area contributed by atoms with Gasteiger partial charge in [0.05, 0.1) is 10.7 Å². The van der Waals surface area contributed by atoms with Gasteiger partial charge < -0.3 is 5.73 Å². The molecule has 2 aromatic rings. The summed E-state index contributed by atoms with van der Waals surface area (Å²) in [7, 11) is -3.73. The first kappa shape index (κ1) is 14.2. The van der Waals surface area contributed by atoms with Crippen LogP contribution < -0.4 is 10.5 Å². The monoisotopic (exact) mass is 360 g/mol. The molecule has 0 amide bonds. The van der Waals surface area contributed by atoms with Crippen LogP contribution in [0.3, 0.4) is 0 Å². The Kier molecular flexibility index (Phi) is 4.03. The molecule has 0 fully saturated rings. The first-order valence-corrected chi connectivity index (χ1v) is 7.88. The van der Waals surface area contributed by atoms with Gasteiger partial charge in [-0.25, -0.2) is 8.42 Å². The number of rotatable bonds is 3. The molecule has 0 aliphatic heterocycles. The van der Waals surface area contributed by atoms with Crippen LogP contribution in [0.5, 0.6) is 0 Å². The Morgan fingerprint density at radius 3 is 2.47 bits per heavy atom. The molecule has 0 saturated heterocycles. The van der Waals surface area contributed by atoms with Gasteiger partial charge in [0.25, 0.3) is 10.0 Å². The van der Waals surface area contributed by atoms with Crippen LogP contribution in [0.2, 0.25) is 5.02 Å². The SMILES string of the molecule is Nc1ccc(NS(=O)(=O)c2ccccc2Cl)c(Br)c1. The summed E-state index contributed by atoms with van der Waals surface area (Å²) in [4.78, 5) is 0.0281. The van der Waals surface area contributed by atoms with E-state index >= 15 is 0 Å². The Labute approximate surface area is 124 Å². The first-order chi connectivity index (χ1) is 8.90. The minimum absolute atomic E-state index is 0.0281. The predicted molar refractivity (Wildman–Crippen MR) is 80.8 cm³/mol. The van der Waals surface area contributed by atoms with E-state index in [4.69, 9.17) is 17.3 Å². The minimum atomic E-state index is -3.73. The van der Waals surface area contributed by atoms with E-state index in [1.807, 2.05) is 0 Å². The Hall–Kier alpha value is -1.24. The number of anilines is 2. The van der Waals surface area contributed by atoms with E-state index in [9.17, 15) is 8.42 Å². The normalized spacial score (nSPS) is 11.3. The maximum atomic E-state index is 12.2. The second-order valence-corrected chi connectivity index (χ2v) is 6.69. The van der Waals surface area contributed by atoms with Crippen molar-refractivity contribution in [2.75, 3.05) is 10.5 Å². The van der Waals surface area contributed by atoms with Crippen molar-refractivity contribution < 1.29 is 8.42 Å². The van der Waals surface area contributed by atoms with Crippen LogP contribution in [-0.2, 0) is 10.0 Å². The summed E-state index contributed by atoms with van der Waals surface area (Å²) in [5.41, 5.74) is 6.53. The van der Waals surface area contributed by atoms with Crippen LogP contribution in [0.25, 0.3) is 0 Å². The molecular weight excluding hydrogens is 352 g/mol. The molecule has 2 aromatic carbocycles. The fourth-order valence-corrected chi connectivity index (χ4v) is 3.70. The molecule has 0 spiro atoms. The van der Waals surface area contributed by atoms with Crippen molar-refractivity contribution in [1.82, 2.24) is 0 Å². The summed E-state index contributed by atoms with van der Waals surface area (Å²) in [5.74, 6) is 0. The number of sulfonamides is 1. The third-order valence-electron chi connectivity index (χ3n) is 2.36. The van der Waals surface area contributed by atoms with Crippen molar-refractivity contribution >= 4 is 48.9 Å². The number of nitrogens with two attached hydrogens (primary N) is 1. The maximum absolute atomic E-state index is 12.2. The zero-order chi connectivity index (χ0) is 14.0. The lowest BCUT2D eigenvalue weighted by Crippen LogP contribution is -2.13. The molecule has 100 valence electrons. The average Bonchev–Trinajstić information content (AvgIpc) is 2.33. The largest absolute Gasteiger partial charge is 0.399 e. The van der Waals surface area contributed by atoms with Gasteiger partial charge in [-0.3, -0.25) is 4.72 Å². The smallest absolute Gasteiger partial charge is 0.263 e. The standard InChI is InChI=1S/C12H10BrClN2O2S/c13-9-7-8(15)5-6-11(9)16-19(17,18)12-4-2-1-3-10(12)14/h1-7,16H,15H2. The lowest BCUT2D eigenvalue weighted by atomic mass is 10.3. The van der Waals surface area contributed by atoms with Crippen LogP contribution in [0.4, 0.5) is 11.4 Å². The number of halogens is 2. The van der Waals surface area contributed by atoms with Gasteiger partial charge in [0.2, 0.25) is 0 Å². The summed E-state index contributed by atoms with van der Waals surface area (Å²) in [6.07, 6.45) is 0. The summed E-state index contributed by atoms with van der Waals surface area (Å²) in [6.45, 7) is 0. The molecule has 0 aromatic heterocycles. The van der Waals surface area contributed by atoms with Crippen LogP contribution in [0.1, 0.15) is 0 Å². The molecule has 0 aliphatic carbocycles. The van der Waals surface area contributed by atoms with Crippen LogP contribution >= 0.6 is 27.5 Å². The second-order valence-electron chi connectivity index (χ2n) is 3.78. The van der Waals surface area contributed by atoms with Gasteiger partial charge in [-0.15, -0.1) is 0 Å². The van der Waals surface area contributed by atoms with Gasteiger partial charge in [0, 0.05) is 10.2 Å². The van der Waals surface area contributed by atoms with Crippen molar-refractivity contribution in [2.24, 2.45) is 0 Å². The van der Waals surface area contributed by atoms with Gasteiger partial charge in [0.15, 0.2) is 0 Å². The van der Waals surface area contributed by atoms with E-state index in [1.54, 1.807) is 30.3 Å². The van der Waals surface area contributed by atoms with Crippen molar-refractivity contribution in [3.8, 4) is 0 Å². The molecule has 0 unspecified atom stereocenters. The molecule has 0 aliphatic rings. The van der Waals surface area contributed by atoms with Gasteiger partial charge in [-0.2, -0.15) is 0 Å². The number of nitrogens with one attached hydrogen (secondary N) is 1. The maximum Gasteiger partial charge on any atom is 0.263 e. The van der Waals surface area contributed by atoms with E-state index < -0.39 is 10.0 Å². The van der Waals surface area contributed by atoms with E-state index in [-0.39, 0.29) is 9.92 Å². The third-order valence-corrected chi connectivity index (χ3v) is 4.89. The quantitative estimate of drug-likeness (QED) is 0.822. The average molecular weight is 362 g/mol. The molecule has 0 radical (unpaired) electrons. The molecular formula is C12H10BrClN2O2S. The number of nitrogen functional groups attached to an aromatic ring is 1.